The molecule has 0 fully saturated rings. The fourth-order valence-corrected chi connectivity index (χ4v) is 2.75. The van der Waals surface area contributed by atoms with Gasteiger partial charge in [-0.3, -0.25) is 4.98 Å². The second-order valence-corrected chi connectivity index (χ2v) is 5.59. The normalized spacial score (nSPS) is 14.6. The van der Waals surface area contributed by atoms with E-state index in [-0.39, 0.29) is 6.04 Å². The van der Waals surface area contributed by atoms with Gasteiger partial charge < -0.3 is 10.1 Å². The van der Waals surface area contributed by atoms with E-state index in [1.807, 2.05) is 13.1 Å². The predicted molar refractivity (Wildman–Crippen MR) is 84.8 cm³/mol. The lowest BCUT2D eigenvalue weighted by molar-refractivity contribution is 0.357. The highest BCUT2D eigenvalue weighted by atomic mass is 16.5. The number of nitrogens with zero attached hydrogens (tertiary/aromatic N) is 1. The van der Waals surface area contributed by atoms with Crippen LogP contribution in [0.15, 0.2) is 36.5 Å². The van der Waals surface area contributed by atoms with Crippen molar-refractivity contribution in [2.24, 2.45) is 0 Å². The second-order valence-electron chi connectivity index (χ2n) is 5.59. The van der Waals surface area contributed by atoms with E-state index in [9.17, 15) is 0 Å². The minimum absolute atomic E-state index is 0.198. The number of hydrogen-bond donors (Lipinski definition) is 1. The molecule has 1 unspecified atom stereocenters. The molecule has 0 saturated carbocycles. The molecule has 3 heteroatoms. The zero-order valence-corrected chi connectivity index (χ0v) is 12.7. The number of nitrogens with one attached hydrogen (secondary N) is 1. The molecule has 1 aromatic carbocycles. The van der Waals surface area contributed by atoms with Gasteiger partial charge >= 0.3 is 0 Å². The van der Waals surface area contributed by atoms with Crippen molar-refractivity contribution in [2.45, 2.75) is 32.7 Å². The molecule has 1 aliphatic rings. The van der Waals surface area contributed by atoms with E-state index in [1.165, 1.54) is 16.7 Å². The summed E-state index contributed by atoms with van der Waals surface area (Å²) in [6.07, 6.45) is 4.10. The molecule has 1 atom stereocenters. The first-order valence-electron chi connectivity index (χ1n) is 7.69. The first kappa shape index (κ1) is 14.1. The van der Waals surface area contributed by atoms with Crippen molar-refractivity contribution in [1.29, 1.82) is 0 Å². The van der Waals surface area contributed by atoms with Gasteiger partial charge in [0.2, 0.25) is 0 Å². The van der Waals surface area contributed by atoms with Crippen LogP contribution in [0.4, 0.5) is 0 Å². The van der Waals surface area contributed by atoms with Gasteiger partial charge in [-0.1, -0.05) is 25.1 Å². The third-order valence-electron chi connectivity index (χ3n) is 3.91. The molecule has 3 nitrogen and oxygen atoms in total. The lowest BCUT2D eigenvalue weighted by atomic mass is 9.97. The Bertz CT molecular complexity index is 607. The van der Waals surface area contributed by atoms with E-state index in [0.717, 1.165) is 37.4 Å². The Labute approximate surface area is 126 Å². The van der Waals surface area contributed by atoms with Gasteiger partial charge in [0, 0.05) is 18.3 Å². The van der Waals surface area contributed by atoms with Crippen molar-refractivity contribution >= 4 is 0 Å². The predicted octanol–water partition coefficient (Wildman–Crippen LogP) is 3.41. The molecule has 21 heavy (non-hydrogen) atoms. The smallest absolute Gasteiger partial charge is 0.122 e. The highest BCUT2D eigenvalue weighted by molar-refractivity contribution is 5.43. The molecular weight excluding hydrogens is 260 g/mol. The van der Waals surface area contributed by atoms with Crippen LogP contribution in [0.1, 0.15) is 41.8 Å². The summed E-state index contributed by atoms with van der Waals surface area (Å²) >= 11 is 0. The first-order valence-corrected chi connectivity index (χ1v) is 7.69. The fourth-order valence-electron chi connectivity index (χ4n) is 2.75. The summed E-state index contributed by atoms with van der Waals surface area (Å²) in [5.41, 5.74) is 4.87. The number of pyridine rings is 1. The average molecular weight is 282 g/mol. The van der Waals surface area contributed by atoms with Crippen molar-refractivity contribution < 1.29 is 4.74 Å². The quantitative estimate of drug-likeness (QED) is 0.912. The van der Waals surface area contributed by atoms with Crippen molar-refractivity contribution in [2.75, 3.05) is 13.2 Å². The fraction of sp³-hybridized carbons (Fsp3) is 0.389. The third-order valence-corrected chi connectivity index (χ3v) is 3.91. The Hall–Kier alpha value is -1.87. The van der Waals surface area contributed by atoms with Gasteiger partial charge in [-0.15, -0.1) is 0 Å². The first-order chi connectivity index (χ1) is 10.3. The number of aromatic nitrogens is 1. The van der Waals surface area contributed by atoms with Crippen LogP contribution < -0.4 is 10.1 Å². The topological polar surface area (TPSA) is 34.2 Å². The lowest BCUT2D eigenvalue weighted by Gasteiger charge is -2.20. The van der Waals surface area contributed by atoms with Crippen LogP contribution in [0.3, 0.4) is 0 Å². The third kappa shape index (κ3) is 3.08. The van der Waals surface area contributed by atoms with Crippen molar-refractivity contribution in [3.8, 4) is 5.75 Å². The maximum atomic E-state index is 5.60. The van der Waals surface area contributed by atoms with Crippen LogP contribution in [0.5, 0.6) is 5.75 Å². The highest BCUT2D eigenvalue weighted by Gasteiger charge is 2.18. The zero-order chi connectivity index (χ0) is 14.7. The summed E-state index contributed by atoms with van der Waals surface area (Å²) in [5, 5.41) is 3.63. The lowest BCUT2D eigenvalue weighted by Crippen LogP contribution is -2.23. The number of benzene rings is 1. The van der Waals surface area contributed by atoms with E-state index in [0.29, 0.717) is 0 Å². The van der Waals surface area contributed by atoms with Crippen LogP contribution in [0.2, 0.25) is 0 Å². The molecule has 0 spiro atoms. The molecular formula is C18H22N2O. The molecule has 0 radical (unpaired) electrons. The second kappa shape index (κ2) is 6.27. The summed E-state index contributed by atoms with van der Waals surface area (Å²) in [6.45, 7) is 6.00. The van der Waals surface area contributed by atoms with Gasteiger partial charge in [0.25, 0.3) is 0 Å². The standard InChI is InChI=1S/C18H22N2O/c1-3-9-19-18(16-5-4-13(2)20-12-16)15-6-7-17-14(11-15)8-10-21-17/h4-7,11-12,18-19H,3,8-10H2,1-2H3. The van der Waals surface area contributed by atoms with Crippen molar-refractivity contribution in [3.63, 3.8) is 0 Å². The van der Waals surface area contributed by atoms with Gasteiger partial charge in [-0.2, -0.15) is 0 Å². The van der Waals surface area contributed by atoms with Crippen LogP contribution in [0, 0.1) is 6.92 Å². The molecule has 1 N–H and O–H groups in total. The molecule has 1 aromatic heterocycles. The minimum atomic E-state index is 0.198. The largest absolute Gasteiger partial charge is 0.493 e. The summed E-state index contributed by atoms with van der Waals surface area (Å²) in [5.74, 6) is 1.04. The number of aryl methyl sites for hydroxylation is 1. The summed E-state index contributed by atoms with van der Waals surface area (Å²) in [7, 11) is 0. The SMILES string of the molecule is CCCNC(c1ccc(C)nc1)c1ccc2c(c1)CCO2. The molecule has 3 rings (SSSR count). The number of ether oxygens (including phenoxy) is 1. The van der Waals surface area contributed by atoms with E-state index in [4.69, 9.17) is 4.74 Å². The van der Waals surface area contributed by atoms with Crippen molar-refractivity contribution in [1.82, 2.24) is 10.3 Å². The van der Waals surface area contributed by atoms with Crippen LogP contribution in [0.25, 0.3) is 0 Å². The van der Waals surface area contributed by atoms with Crippen LogP contribution in [-0.4, -0.2) is 18.1 Å². The molecule has 0 saturated heterocycles. The van der Waals surface area contributed by atoms with E-state index in [1.54, 1.807) is 0 Å². The Morgan fingerprint density at radius 3 is 2.86 bits per heavy atom. The Balaban J connectivity index is 1.93. The van der Waals surface area contributed by atoms with Gasteiger partial charge in [0.05, 0.1) is 12.6 Å². The molecule has 0 bridgehead atoms. The molecule has 1 aliphatic heterocycles. The zero-order valence-electron chi connectivity index (χ0n) is 12.7. The van der Waals surface area contributed by atoms with Gasteiger partial charge in [0.1, 0.15) is 5.75 Å². The van der Waals surface area contributed by atoms with E-state index in [2.05, 4.69) is 47.6 Å². The van der Waals surface area contributed by atoms with Crippen LogP contribution in [-0.2, 0) is 6.42 Å². The number of hydrogen-bond acceptors (Lipinski definition) is 3. The Morgan fingerprint density at radius 2 is 2.10 bits per heavy atom. The summed E-state index contributed by atoms with van der Waals surface area (Å²) < 4.78 is 5.60. The Morgan fingerprint density at radius 1 is 1.24 bits per heavy atom. The van der Waals surface area contributed by atoms with E-state index < -0.39 is 0 Å². The van der Waals surface area contributed by atoms with Gasteiger partial charge in [0.15, 0.2) is 0 Å². The van der Waals surface area contributed by atoms with Gasteiger partial charge in [-0.05, 0) is 48.7 Å². The molecule has 110 valence electrons. The number of fused-ring (bicyclic) bond motifs is 1. The van der Waals surface area contributed by atoms with Crippen molar-refractivity contribution in [3.05, 3.63) is 58.9 Å². The molecule has 2 aromatic rings. The monoisotopic (exact) mass is 282 g/mol. The molecule has 2 heterocycles. The average Bonchev–Trinajstić information content (AvgIpc) is 2.97. The summed E-state index contributed by atoms with van der Waals surface area (Å²) in [6, 6.07) is 11.0. The Kier molecular flexibility index (Phi) is 4.20. The van der Waals surface area contributed by atoms with Crippen LogP contribution >= 0.6 is 0 Å². The maximum Gasteiger partial charge on any atom is 0.122 e. The maximum absolute atomic E-state index is 5.60. The van der Waals surface area contributed by atoms with Gasteiger partial charge in [-0.25, -0.2) is 0 Å². The summed E-state index contributed by atoms with van der Waals surface area (Å²) in [4.78, 5) is 4.44. The van der Waals surface area contributed by atoms with E-state index >= 15 is 0 Å². The number of rotatable bonds is 5. The minimum Gasteiger partial charge on any atom is -0.493 e. The molecule has 0 amide bonds. The molecule has 0 aliphatic carbocycles. The highest BCUT2D eigenvalue weighted by Crippen LogP contribution is 2.30.